The van der Waals surface area contributed by atoms with Crippen LogP contribution in [0.4, 0.5) is 5.69 Å². The van der Waals surface area contributed by atoms with Crippen LogP contribution in [0.5, 0.6) is 0 Å². The first-order chi connectivity index (χ1) is 9.15. The van der Waals surface area contributed by atoms with Gasteiger partial charge in [-0.1, -0.05) is 39.0 Å². The third-order valence-electron chi connectivity index (χ3n) is 3.36. The highest BCUT2D eigenvalue weighted by molar-refractivity contribution is 5.66. The standard InChI is InChI=1S/C16H27N2O.ClH/c1-4-5-6-7-8-9-10-16(19)18-13-11-15(12-14-18)17(2)3;/h11-14H,4-10H2,1-3H3;1H/q+1;/p-1. The van der Waals surface area contributed by atoms with E-state index < -0.39 is 0 Å². The van der Waals surface area contributed by atoms with Crippen molar-refractivity contribution in [3.8, 4) is 0 Å². The van der Waals surface area contributed by atoms with Gasteiger partial charge in [0.05, 0.1) is 6.42 Å². The first kappa shape index (κ1) is 18.9. The lowest BCUT2D eigenvalue weighted by Crippen LogP contribution is -3.00. The highest BCUT2D eigenvalue weighted by Gasteiger charge is 2.13. The van der Waals surface area contributed by atoms with Gasteiger partial charge in [-0.25, -0.2) is 4.79 Å². The molecule has 0 bridgehead atoms. The fourth-order valence-corrected chi connectivity index (χ4v) is 2.07. The molecule has 0 unspecified atom stereocenters. The molecule has 0 saturated carbocycles. The quantitative estimate of drug-likeness (QED) is 0.514. The van der Waals surface area contributed by atoms with Crippen molar-refractivity contribution in [2.45, 2.75) is 51.9 Å². The molecule has 0 aromatic carbocycles. The van der Waals surface area contributed by atoms with Gasteiger partial charge in [0.1, 0.15) is 0 Å². The van der Waals surface area contributed by atoms with E-state index in [1.54, 1.807) is 4.57 Å². The number of rotatable bonds is 8. The summed E-state index contributed by atoms with van der Waals surface area (Å²) in [5.74, 6) is 0.195. The Labute approximate surface area is 129 Å². The summed E-state index contributed by atoms with van der Waals surface area (Å²) in [4.78, 5) is 14.0. The maximum Gasteiger partial charge on any atom is 0.392 e. The van der Waals surface area contributed by atoms with E-state index in [4.69, 9.17) is 0 Å². The molecule has 20 heavy (non-hydrogen) atoms. The van der Waals surface area contributed by atoms with Gasteiger partial charge in [-0.05, 0) is 6.42 Å². The summed E-state index contributed by atoms with van der Waals surface area (Å²) in [5.41, 5.74) is 1.11. The SMILES string of the molecule is CCCCCCCCC(=O)[n+]1ccc(N(C)C)cc1.[Cl-]. The number of nitrogens with zero attached hydrogens (tertiary/aromatic N) is 2. The van der Waals surface area contributed by atoms with Crippen molar-refractivity contribution in [1.29, 1.82) is 0 Å². The topological polar surface area (TPSA) is 24.2 Å². The lowest BCUT2D eigenvalue weighted by molar-refractivity contribution is -0.574. The number of carbonyl (C=O) groups is 1. The van der Waals surface area contributed by atoms with Crippen molar-refractivity contribution < 1.29 is 21.8 Å². The molecule has 1 aromatic rings. The van der Waals surface area contributed by atoms with E-state index in [1.165, 1.54) is 32.1 Å². The van der Waals surface area contributed by atoms with Crippen molar-refractivity contribution >= 4 is 11.6 Å². The molecular formula is C16H27ClN2O. The Morgan fingerprint density at radius 2 is 1.60 bits per heavy atom. The fraction of sp³-hybridized carbons (Fsp3) is 0.625. The Morgan fingerprint density at radius 3 is 2.15 bits per heavy atom. The number of pyridine rings is 1. The Morgan fingerprint density at radius 1 is 1.05 bits per heavy atom. The second kappa shape index (κ2) is 10.7. The molecule has 0 fully saturated rings. The number of aromatic nitrogens is 1. The first-order valence-electron chi connectivity index (χ1n) is 7.37. The van der Waals surface area contributed by atoms with Crippen molar-refractivity contribution in [2.75, 3.05) is 19.0 Å². The van der Waals surface area contributed by atoms with Gasteiger partial charge in [-0.2, -0.15) is 0 Å². The minimum atomic E-state index is 0. The Bertz CT molecular complexity index is 377. The van der Waals surface area contributed by atoms with Crippen LogP contribution in [0.15, 0.2) is 24.5 Å². The zero-order valence-corrected chi connectivity index (χ0v) is 13.7. The van der Waals surface area contributed by atoms with Gasteiger partial charge >= 0.3 is 5.91 Å². The Balaban J connectivity index is 0.00000361. The van der Waals surface area contributed by atoms with Gasteiger partial charge in [0, 0.05) is 31.9 Å². The van der Waals surface area contributed by atoms with Crippen molar-refractivity contribution in [3.05, 3.63) is 24.5 Å². The van der Waals surface area contributed by atoms with Gasteiger partial charge in [0.15, 0.2) is 12.4 Å². The third-order valence-corrected chi connectivity index (χ3v) is 3.36. The molecule has 0 spiro atoms. The number of unbranched alkanes of at least 4 members (excludes halogenated alkanes) is 5. The molecular weight excluding hydrogens is 272 g/mol. The molecule has 0 saturated heterocycles. The number of hydrogen-bond acceptors (Lipinski definition) is 2. The molecule has 4 heteroatoms. The summed E-state index contributed by atoms with van der Waals surface area (Å²) in [7, 11) is 4.00. The van der Waals surface area contributed by atoms with E-state index in [9.17, 15) is 4.79 Å². The zero-order valence-electron chi connectivity index (χ0n) is 12.9. The predicted molar refractivity (Wildman–Crippen MR) is 79.6 cm³/mol. The third kappa shape index (κ3) is 6.90. The molecule has 114 valence electrons. The summed E-state index contributed by atoms with van der Waals surface area (Å²) in [6.07, 6.45) is 11.7. The molecule has 0 atom stereocenters. The van der Waals surface area contributed by atoms with Crippen LogP contribution < -0.4 is 21.9 Å². The normalized spacial score (nSPS) is 9.95. The lowest BCUT2D eigenvalue weighted by atomic mass is 10.1. The second-order valence-electron chi connectivity index (χ2n) is 5.27. The Kier molecular flexibility index (Phi) is 10.1. The molecule has 3 nitrogen and oxygen atoms in total. The largest absolute Gasteiger partial charge is 1.00 e. The molecule has 0 radical (unpaired) electrons. The van der Waals surface area contributed by atoms with Crippen molar-refractivity contribution in [3.63, 3.8) is 0 Å². The molecule has 0 aliphatic rings. The van der Waals surface area contributed by atoms with Crippen LogP contribution in [0.3, 0.4) is 0 Å². The van der Waals surface area contributed by atoms with Crippen molar-refractivity contribution in [1.82, 2.24) is 0 Å². The van der Waals surface area contributed by atoms with Gasteiger partial charge in [-0.15, -0.1) is 4.57 Å². The van der Waals surface area contributed by atoms with Crippen LogP contribution in [-0.4, -0.2) is 20.0 Å². The van der Waals surface area contributed by atoms with Gasteiger partial charge < -0.3 is 17.3 Å². The summed E-state index contributed by atoms with van der Waals surface area (Å²) >= 11 is 0. The van der Waals surface area contributed by atoms with E-state index in [0.717, 1.165) is 12.1 Å². The maximum absolute atomic E-state index is 12.0. The number of halogens is 1. The first-order valence-corrected chi connectivity index (χ1v) is 7.37. The molecule has 1 rings (SSSR count). The number of anilines is 1. The highest BCUT2D eigenvalue weighted by atomic mass is 35.5. The van der Waals surface area contributed by atoms with Crippen molar-refractivity contribution in [2.24, 2.45) is 0 Å². The van der Waals surface area contributed by atoms with Crippen LogP contribution in [0.25, 0.3) is 0 Å². The van der Waals surface area contributed by atoms with E-state index in [0.29, 0.717) is 6.42 Å². The van der Waals surface area contributed by atoms with Crippen LogP contribution in [-0.2, 0) is 0 Å². The fourth-order valence-electron chi connectivity index (χ4n) is 2.07. The summed E-state index contributed by atoms with van der Waals surface area (Å²) < 4.78 is 1.69. The number of carbonyl (C=O) groups excluding carboxylic acids is 1. The average Bonchev–Trinajstić information content (AvgIpc) is 2.42. The number of hydrogen-bond donors (Lipinski definition) is 0. The van der Waals surface area contributed by atoms with E-state index in [-0.39, 0.29) is 18.3 Å². The van der Waals surface area contributed by atoms with E-state index in [1.807, 2.05) is 43.5 Å². The molecule has 0 aliphatic heterocycles. The van der Waals surface area contributed by atoms with E-state index in [2.05, 4.69) is 6.92 Å². The van der Waals surface area contributed by atoms with Gasteiger partial charge in [0.2, 0.25) is 0 Å². The minimum absolute atomic E-state index is 0. The zero-order chi connectivity index (χ0) is 14.1. The Hall–Kier alpha value is -1.09. The minimum Gasteiger partial charge on any atom is -1.00 e. The average molecular weight is 299 g/mol. The molecule has 0 amide bonds. The summed E-state index contributed by atoms with van der Waals surface area (Å²) in [6, 6.07) is 3.94. The molecule has 1 aromatic heterocycles. The van der Waals surface area contributed by atoms with Crippen LogP contribution in [0.2, 0.25) is 0 Å². The van der Waals surface area contributed by atoms with Crippen LogP contribution in [0.1, 0.15) is 56.7 Å². The van der Waals surface area contributed by atoms with E-state index >= 15 is 0 Å². The van der Waals surface area contributed by atoms with Gasteiger partial charge in [-0.3, -0.25) is 0 Å². The molecule has 0 N–H and O–H groups in total. The molecule has 1 heterocycles. The van der Waals surface area contributed by atoms with Gasteiger partial charge in [0.25, 0.3) is 0 Å². The second-order valence-corrected chi connectivity index (χ2v) is 5.27. The highest BCUT2D eigenvalue weighted by Crippen LogP contribution is 2.08. The summed E-state index contributed by atoms with van der Waals surface area (Å²) in [5, 5.41) is 0. The lowest BCUT2D eigenvalue weighted by Gasteiger charge is -2.09. The predicted octanol–water partition coefficient (Wildman–Crippen LogP) is 0.435. The monoisotopic (exact) mass is 298 g/mol. The molecule has 0 aliphatic carbocycles. The van der Waals surface area contributed by atoms with Crippen LogP contribution >= 0.6 is 0 Å². The summed E-state index contributed by atoms with van der Waals surface area (Å²) in [6.45, 7) is 2.22. The van der Waals surface area contributed by atoms with Crippen LogP contribution in [0, 0.1) is 0 Å². The maximum atomic E-state index is 12.0. The smallest absolute Gasteiger partial charge is 0.392 e.